The van der Waals surface area contributed by atoms with Crippen molar-refractivity contribution in [1.82, 2.24) is 20.6 Å². The normalized spacial score (nSPS) is 11.2. The molecule has 0 radical (unpaired) electrons. The van der Waals surface area contributed by atoms with Gasteiger partial charge in [-0.05, 0) is 24.3 Å². The van der Waals surface area contributed by atoms with Gasteiger partial charge in [0.1, 0.15) is 5.82 Å². The highest BCUT2D eigenvalue weighted by Gasteiger charge is 2.15. The van der Waals surface area contributed by atoms with Gasteiger partial charge in [-0.15, -0.1) is 0 Å². The second-order valence-corrected chi connectivity index (χ2v) is 6.59. The standard InChI is InChI=1S/C20H20ClN7O2/c1-23-18(8-9-22)24-10-11-25-19-15-4-2-3-5-17(15)26-20(27-19)14-7-6-13(28(29)30)12-16(14)21/h2-9,12,22-24H,10-11H2,1H3,(H,25,26,27)/b18-8+,22-9?. The van der Waals surface area contributed by atoms with Crippen molar-refractivity contribution in [2.75, 3.05) is 25.5 Å². The zero-order valence-corrected chi connectivity index (χ0v) is 16.9. The van der Waals surface area contributed by atoms with Crippen molar-refractivity contribution in [3.05, 3.63) is 69.5 Å². The van der Waals surface area contributed by atoms with Crippen molar-refractivity contribution < 1.29 is 4.92 Å². The number of anilines is 1. The van der Waals surface area contributed by atoms with Crippen LogP contribution in [0.1, 0.15) is 0 Å². The number of nitrogens with zero attached hydrogens (tertiary/aromatic N) is 3. The third-order valence-electron chi connectivity index (χ3n) is 4.26. The highest BCUT2D eigenvalue weighted by Crippen LogP contribution is 2.31. The Labute approximate surface area is 177 Å². The van der Waals surface area contributed by atoms with Crippen LogP contribution in [0.5, 0.6) is 0 Å². The van der Waals surface area contributed by atoms with Crippen LogP contribution < -0.4 is 16.0 Å². The van der Waals surface area contributed by atoms with E-state index in [0.717, 1.165) is 16.7 Å². The molecule has 0 aliphatic rings. The first-order valence-electron chi connectivity index (χ1n) is 9.11. The Morgan fingerprint density at radius 2 is 2.03 bits per heavy atom. The molecule has 9 nitrogen and oxygen atoms in total. The quantitative estimate of drug-likeness (QED) is 0.178. The zero-order chi connectivity index (χ0) is 21.5. The van der Waals surface area contributed by atoms with Crippen LogP contribution in [0.3, 0.4) is 0 Å². The number of nitro benzene ring substituents is 1. The lowest BCUT2D eigenvalue weighted by molar-refractivity contribution is -0.384. The predicted molar refractivity (Wildman–Crippen MR) is 119 cm³/mol. The van der Waals surface area contributed by atoms with Gasteiger partial charge in [0.05, 0.1) is 21.3 Å². The lowest BCUT2D eigenvalue weighted by Crippen LogP contribution is -2.28. The fourth-order valence-corrected chi connectivity index (χ4v) is 3.08. The smallest absolute Gasteiger partial charge is 0.270 e. The van der Waals surface area contributed by atoms with Crippen LogP contribution in [0.25, 0.3) is 22.3 Å². The van der Waals surface area contributed by atoms with Crippen LogP contribution in [-0.4, -0.2) is 41.2 Å². The molecule has 0 amide bonds. The highest BCUT2D eigenvalue weighted by molar-refractivity contribution is 6.33. The molecule has 0 aliphatic heterocycles. The Bertz CT molecular complexity index is 1120. The summed E-state index contributed by atoms with van der Waals surface area (Å²) >= 11 is 6.27. The Morgan fingerprint density at radius 1 is 1.23 bits per heavy atom. The van der Waals surface area contributed by atoms with Crippen molar-refractivity contribution in [3.8, 4) is 11.4 Å². The fraction of sp³-hybridized carbons (Fsp3) is 0.150. The van der Waals surface area contributed by atoms with E-state index in [0.29, 0.717) is 30.3 Å². The molecule has 1 heterocycles. The van der Waals surface area contributed by atoms with Crippen molar-refractivity contribution in [3.63, 3.8) is 0 Å². The largest absolute Gasteiger partial charge is 0.375 e. The van der Waals surface area contributed by atoms with Gasteiger partial charge >= 0.3 is 0 Å². The first-order valence-corrected chi connectivity index (χ1v) is 9.48. The third kappa shape index (κ3) is 4.81. The lowest BCUT2D eigenvalue weighted by Gasteiger charge is -2.13. The maximum Gasteiger partial charge on any atom is 0.270 e. The molecule has 0 saturated carbocycles. The van der Waals surface area contributed by atoms with Crippen LogP contribution in [0, 0.1) is 15.5 Å². The maximum atomic E-state index is 11.0. The first kappa shape index (κ1) is 21.0. The number of nitro groups is 1. The summed E-state index contributed by atoms with van der Waals surface area (Å²) in [5, 5.41) is 28.6. The Balaban J connectivity index is 1.89. The Hall–Kier alpha value is -3.72. The van der Waals surface area contributed by atoms with E-state index < -0.39 is 4.92 Å². The minimum atomic E-state index is -0.497. The molecular formula is C20H20ClN7O2. The van der Waals surface area contributed by atoms with Crippen molar-refractivity contribution in [1.29, 1.82) is 5.41 Å². The summed E-state index contributed by atoms with van der Waals surface area (Å²) in [5.74, 6) is 1.75. The summed E-state index contributed by atoms with van der Waals surface area (Å²) in [7, 11) is 1.77. The van der Waals surface area contributed by atoms with E-state index >= 15 is 0 Å². The third-order valence-corrected chi connectivity index (χ3v) is 4.57. The van der Waals surface area contributed by atoms with Crippen LogP contribution in [0.4, 0.5) is 11.5 Å². The van der Waals surface area contributed by atoms with Gasteiger partial charge in [0.25, 0.3) is 5.69 Å². The molecule has 3 rings (SSSR count). The molecule has 0 unspecified atom stereocenters. The number of aromatic nitrogens is 2. The Kier molecular flexibility index (Phi) is 6.76. The number of rotatable bonds is 9. The van der Waals surface area contributed by atoms with Gasteiger partial charge in [0, 0.05) is 49.4 Å². The van der Waals surface area contributed by atoms with Gasteiger partial charge in [0.15, 0.2) is 5.82 Å². The average molecular weight is 426 g/mol. The molecule has 4 N–H and O–H groups in total. The van der Waals surface area contributed by atoms with Crippen molar-refractivity contribution in [2.45, 2.75) is 0 Å². The number of fused-ring (bicyclic) bond motifs is 1. The number of nitrogens with one attached hydrogen (secondary N) is 4. The number of allylic oxidation sites excluding steroid dienone is 1. The lowest BCUT2D eigenvalue weighted by atomic mass is 10.1. The number of hydrogen-bond donors (Lipinski definition) is 4. The topological polar surface area (TPSA) is 129 Å². The highest BCUT2D eigenvalue weighted by atomic mass is 35.5. The monoisotopic (exact) mass is 425 g/mol. The molecule has 0 atom stereocenters. The molecule has 30 heavy (non-hydrogen) atoms. The number of halogens is 1. The number of para-hydroxylation sites is 1. The zero-order valence-electron chi connectivity index (χ0n) is 16.1. The van der Waals surface area contributed by atoms with Crippen LogP contribution in [0.15, 0.2) is 54.4 Å². The molecule has 0 bridgehead atoms. The minimum Gasteiger partial charge on any atom is -0.375 e. The van der Waals surface area contributed by atoms with E-state index in [1.165, 1.54) is 18.3 Å². The van der Waals surface area contributed by atoms with Gasteiger partial charge in [-0.1, -0.05) is 23.7 Å². The molecular weight excluding hydrogens is 406 g/mol. The summed E-state index contributed by atoms with van der Waals surface area (Å²) in [6.45, 7) is 1.15. The van der Waals surface area contributed by atoms with Gasteiger partial charge in [-0.3, -0.25) is 10.1 Å². The number of benzene rings is 2. The van der Waals surface area contributed by atoms with E-state index in [1.807, 2.05) is 24.3 Å². The SMILES string of the molecule is CN/C(=C\C=N)NCCNc1nc(-c2ccc([N+](=O)[O-])cc2Cl)nc2ccccc12. The predicted octanol–water partition coefficient (Wildman–Crippen LogP) is 3.57. The van der Waals surface area contributed by atoms with Crippen LogP contribution in [-0.2, 0) is 0 Å². The summed E-state index contributed by atoms with van der Waals surface area (Å²) in [6.07, 6.45) is 2.82. The molecule has 10 heteroatoms. The first-order chi connectivity index (χ1) is 14.5. The van der Waals surface area contributed by atoms with E-state index in [9.17, 15) is 10.1 Å². The average Bonchev–Trinajstić information content (AvgIpc) is 2.75. The molecule has 1 aromatic heterocycles. The van der Waals surface area contributed by atoms with Crippen molar-refractivity contribution >= 4 is 40.2 Å². The van der Waals surface area contributed by atoms with Gasteiger partial charge in [0.2, 0.25) is 0 Å². The fourth-order valence-electron chi connectivity index (χ4n) is 2.82. The van der Waals surface area contributed by atoms with E-state index in [2.05, 4.69) is 25.9 Å². The van der Waals surface area contributed by atoms with Crippen LogP contribution >= 0.6 is 11.6 Å². The minimum absolute atomic E-state index is 0.0905. The van der Waals surface area contributed by atoms with Crippen LogP contribution in [0.2, 0.25) is 5.02 Å². The van der Waals surface area contributed by atoms with Crippen molar-refractivity contribution in [2.24, 2.45) is 0 Å². The summed E-state index contributed by atoms with van der Waals surface area (Å²) in [5.41, 5.74) is 1.15. The van der Waals surface area contributed by atoms with E-state index in [1.54, 1.807) is 19.2 Å². The molecule has 2 aromatic carbocycles. The number of non-ortho nitro benzene ring substituents is 1. The maximum absolute atomic E-state index is 11.0. The second-order valence-electron chi connectivity index (χ2n) is 6.18. The van der Waals surface area contributed by atoms with E-state index in [4.69, 9.17) is 17.0 Å². The molecule has 0 aliphatic carbocycles. The molecule has 0 fully saturated rings. The Morgan fingerprint density at radius 3 is 2.73 bits per heavy atom. The summed E-state index contributed by atoms with van der Waals surface area (Å²) in [4.78, 5) is 19.6. The van der Waals surface area contributed by atoms with Gasteiger partial charge < -0.3 is 21.4 Å². The molecule has 0 spiro atoms. The second kappa shape index (κ2) is 9.66. The molecule has 0 saturated heterocycles. The van der Waals surface area contributed by atoms with Gasteiger partial charge in [-0.2, -0.15) is 0 Å². The molecule has 154 valence electrons. The summed E-state index contributed by atoms with van der Waals surface area (Å²) < 4.78 is 0. The molecule has 3 aromatic rings. The summed E-state index contributed by atoms with van der Waals surface area (Å²) in [6, 6.07) is 11.8. The van der Waals surface area contributed by atoms with E-state index in [-0.39, 0.29) is 10.7 Å². The number of hydrogen-bond acceptors (Lipinski definition) is 8. The van der Waals surface area contributed by atoms with Gasteiger partial charge in [-0.25, -0.2) is 9.97 Å².